The van der Waals surface area contributed by atoms with Gasteiger partial charge in [-0.2, -0.15) is 10.2 Å². The summed E-state index contributed by atoms with van der Waals surface area (Å²) in [5.74, 6) is 1.40. The molecule has 96 valence electrons. The second kappa shape index (κ2) is 3.93. The third kappa shape index (κ3) is 1.66. The van der Waals surface area contributed by atoms with Crippen molar-refractivity contribution in [2.45, 2.75) is 37.4 Å². The highest BCUT2D eigenvalue weighted by molar-refractivity contribution is 5.49. The van der Waals surface area contributed by atoms with Crippen LogP contribution in [0.25, 0.3) is 11.6 Å². The maximum Gasteiger partial charge on any atom is 0.274 e. The maximum atomic E-state index is 8.78. The maximum absolute atomic E-state index is 8.78. The fourth-order valence-electron chi connectivity index (χ4n) is 2.99. The summed E-state index contributed by atoms with van der Waals surface area (Å²) in [5.41, 5.74) is 1.16. The molecule has 0 spiro atoms. The standard InChI is InChI=1S/C13H12N4O2/c14-6-7-1-3-10(15-7)13-16-12(17-19-13)9-5-8-2-4-11(9)18-8/h1,3,8-9,11,15H,2,4-5H2. The number of nitrogens with one attached hydrogen (secondary N) is 1. The van der Waals surface area contributed by atoms with Gasteiger partial charge in [0.15, 0.2) is 5.82 Å². The number of rotatable bonds is 2. The highest BCUT2D eigenvalue weighted by Gasteiger charge is 2.43. The molecule has 6 heteroatoms. The summed E-state index contributed by atoms with van der Waals surface area (Å²) < 4.78 is 11.1. The largest absolute Gasteiger partial charge is 0.374 e. The van der Waals surface area contributed by atoms with Gasteiger partial charge in [-0.3, -0.25) is 0 Å². The summed E-state index contributed by atoms with van der Waals surface area (Å²) >= 11 is 0. The predicted octanol–water partition coefficient (Wildman–Crippen LogP) is 1.97. The van der Waals surface area contributed by atoms with Crippen molar-refractivity contribution < 1.29 is 9.26 Å². The van der Waals surface area contributed by atoms with E-state index in [4.69, 9.17) is 14.5 Å². The highest BCUT2D eigenvalue weighted by Crippen LogP contribution is 2.43. The van der Waals surface area contributed by atoms with Gasteiger partial charge in [0.2, 0.25) is 0 Å². The zero-order chi connectivity index (χ0) is 12.8. The summed E-state index contributed by atoms with van der Waals surface area (Å²) in [6.07, 6.45) is 3.83. The first-order chi connectivity index (χ1) is 9.33. The monoisotopic (exact) mass is 256 g/mol. The molecular weight excluding hydrogens is 244 g/mol. The molecule has 3 atom stereocenters. The van der Waals surface area contributed by atoms with Crippen LogP contribution in [0.2, 0.25) is 0 Å². The molecule has 2 saturated heterocycles. The summed E-state index contributed by atoms with van der Waals surface area (Å²) in [6, 6.07) is 5.50. The van der Waals surface area contributed by atoms with Crippen LogP contribution in [0.3, 0.4) is 0 Å². The Morgan fingerprint density at radius 3 is 3.00 bits per heavy atom. The van der Waals surface area contributed by atoms with Gasteiger partial charge in [0.05, 0.1) is 18.1 Å². The van der Waals surface area contributed by atoms with Crippen LogP contribution in [-0.4, -0.2) is 27.3 Å². The number of H-pyrrole nitrogens is 1. The molecule has 0 amide bonds. The third-order valence-corrected chi connectivity index (χ3v) is 3.92. The van der Waals surface area contributed by atoms with Gasteiger partial charge in [0.25, 0.3) is 5.89 Å². The van der Waals surface area contributed by atoms with Crippen LogP contribution in [0.5, 0.6) is 0 Å². The van der Waals surface area contributed by atoms with Gasteiger partial charge < -0.3 is 14.2 Å². The Hall–Kier alpha value is -2.13. The lowest BCUT2D eigenvalue weighted by molar-refractivity contribution is 0.0996. The Morgan fingerprint density at radius 1 is 1.37 bits per heavy atom. The van der Waals surface area contributed by atoms with E-state index < -0.39 is 0 Å². The molecule has 4 rings (SSSR count). The van der Waals surface area contributed by atoms with Crippen molar-refractivity contribution >= 4 is 0 Å². The van der Waals surface area contributed by atoms with Crippen LogP contribution < -0.4 is 0 Å². The Morgan fingerprint density at radius 2 is 2.32 bits per heavy atom. The normalized spacial score (nSPS) is 28.7. The van der Waals surface area contributed by atoms with Gasteiger partial charge in [-0.25, -0.2) is 0 Å². The second-order valence-electron chi connectivity index (χ2n) is 5.07. The van der Waals surface area contributed by atoms with Gasteiger partial charge in [-0.05, 0) is 31.4 Å². The average Bonchev–Trinajstić information content (AvgIpc) is 3.19. The van der Waals surface area contributed by atoms with Crippen molar-refractivity contribution in [2.75, 3.05) is 0 Å². The number of nitriles is 1. The van der Waals surface area contributed by atoms with E-state index in [0.717, 1.165) is 25.1 Å². The van der Waals surface area contributed by atoms with Crippen molar-refractivity contribution in [3.8, 4) is 17.7 Å². The van der Waals surface area contributed by atoms with Gasteiger partial charge in [0.1, 0.15) is 17.5 Å². The molecule has 2 bridgehead atoms. The topological polar surface area (TPSA) is 87.7 Å². The number of aromatic amines is 1. The van der Waals surface area contributed by atoms with Crippen molar-refractivity contribution in [3.05, 3.63) is 23.7 Å². The number of fused-ring (bicyclic) bond motifs is 2. The predicted molar refractivity (Wildman–Crippen MR) is 64.1 cm³/mol. The van der Waals surface area contributed by atoms with E-state index >= 15 is 0 Å². The molecule has 0 radical (unpaired) electrons. The van der Waals surface area contributed by atoms with E-state index in [0.29, 0.717) is 23.4 Å². The Labute approximate surface area is 109 Å². The van der Waals surface area contributed by atoms with Crippen LogP contribution >= 0.6 is 0 Å². The smallest absolute Gasteiger partial charge is 0.274 e. The minimum absolute atomic E-state index is 0.244. The Balaban J connectivity index is 1.61. The fourth-order valence-corrected chi connectivity index (χ4v) is 2.99. The molecule has 2 aliphatic heterocycles. The van der Waals surface area contributed by atoms with E-state index in [-0.39, 0.29) is 12.0 Å². The van der Waals surface area contributed by atoms with E-state index in [1.165, 1.54) is 0 Å². The number of nitrogens with zero attached hydrogens (tertiary/aromatic N) is 3. The molecular formula is C13H12N4O2. The summed E-state index contributed by atoms with van der Waals surface area (Å²) in [4.78, 5) is 7.36. The first-order valence-corrected chi connectivity index (χ1v) is 6.42. The quantitative estimate of drug-likeness (QED) is 0.887. The first kappa shape index (κ1) is 10.8. The zero-order valence-corrected chi connectivity index (χ0v) is 10.2. The van der Waals surface area contributed by atoms with E-state index in [2.05, 4.69) is 15.1 Å². The lowest BCUT2D eigenvalue weighted by Crippen LogP contribution is -2.15. The molecule has 4 heterocycles. The molecule has 0 saturated carbocycles. The molecule has 1 N–H and O–H groups in total. The molecule has 6 nitrogen and oxygen atoms in total. The molecule has 2 aromatic rings. The van der Waals surface area contributed by atoms with Crippen molar-refractivity contribution in [1.29, 1.82) is 5.26 Å². The van der Waals surface area contributed by atoms with E-state index in [9.17, 15) is 0 Å². The highest BCUT2D eigenvalue weighted by atomic mass is 16.5. The number of hydrogen-bond donors (Lipinski definition) is 1. The van der Waals surface area contributed by atoms with Gasteiger partial charge in [0, 0.05) is 0 Å². The van der Waals surface area contributed by atoms with Crippen LogP contribution in [0.4, 0.5) is 0 Å². The number of ether oxygens (including phenoxy) is 1. The Bertz CT molecular complexity index is 654. The van der Waals surface area contributed by atoms with E-state index in [1.807, 2.05) is 6.07 Å². The minimum Gasteiger partial charge on any atom is -0.374 e. The first-order valence-electron chi connectivity index (χ1n) is 6.42. The van der Waals surface area contributed by atoms with Crippen LogP contribution in [0, 0.1) is 11.3 Å². The van der Waals surface area contributed by atoms with Crippen molar-refractivity contribution in [1.82, 2.24) is 15.1 Å². The van der Waals surface area contributed by atoms with Crippen molar-refractivity contribution in [3.63, 3.8) is 0 Å². The van der Waals surface area contributed by atoms with Gasteiger partial charge >= 0.3 is 0 Å². The SMILES string of the molecule is N#Cc1ccc(-c2nc(C3CC4CCC3O4)no2)[nH]1. The lowest BCUT2D eigenvalue weighted by Gasteiger charge is -2.13. The zero-order valence-electron chi connectivity index (χ0n) is 10.2. The van der Waals surface area contributed by atoms with Gasteiger partial charge in [-0.1, -0.05) is 5.16 Å². The summed E-state index contributed by atoms with van der Waals surface area (Å²) in [7, 11) is 0. The Kier molecular flexibility index (Phi) is 2.23. The van der Waals surface area contributed by atoms with Crippen LogP contribution in [-0.2, 0) is 4.74 Å². The molecule has 2 aliphatic rings. The lowest BCUT2D eigenvalue weighted by atomic mass is 9.89. The number of aromatic nitrogens is 3. The minimum atomic E-state index is 0.244. The van der Waals surface area contributed by atoms with Crippen LogP contribution in [0.15, 0.2) is 16.7 Å². The number of hydrogen-bond acceptors (Lipinski definition) is 5. The molecule has 3 unspecified atom stereocenters. The fraction of sp³-hybridized carbons (Fsp3) is 0.462. The molecule has 2 fully saturated rings. The second-order valence-corrected chi connectivity index (χ2v) is 5.07. The summed E-state index contributed by atoms with van der Waals surface area (Å²) in [5, 5.41) is 12.8. The summed E-state index contributed by atoms with van der Waals surface area (Å²) in [6.45, 7) is 0. The molecule has 0 aromatic carbocycles. The average molecular weight is 256 g/mol. The molecule has 0 aliphatic carbocycles. The molecule has 19 heavy (non-hydrogen) atoms. The van der Waals surface area contributed by atoms with Crippen LogP contribution in [0.1, 0.15) is 36.7 Å². The molecule has 2 aromatic heterocycles. The van der Waals surface area contributed by atoms with E-state index in [1.54, 1.807) is 12.1 Å². The third-order valence-electron chi connectivity index (χ3n) is 3.92. The van der Waals surface area contributed by atoms with Gasteiger partial charge in [-0.15, -0.1) is 0 Å². The van der Waals surface area contributed by atoms with Crippen molar-refractivity contribution in [2.24, 2.45) is 0 Å².